The van der Waals surface area contributed by atoms with Crippen LogP contribution >= 0.6 is 0 Å². The standard InChI is InChI=1S/C24H22F3N3O4/c1-33-19-9-14(2-3-16(19)25)30-18-8-13-11-28-29-22(13)21(27)20(18)15(10-17(26)24(31)32)23(30)12-4-6-34-7-5-12/h2-3,8-9,11-12,17H,4-7,10H2,1H3,(H,28,29)(H,31,32)/t17-/m0/s1. The van der Waals surface area contributed by atoms with Crippen LogP contribution in [-0.4, -0.2) is 52.3 Å². The molecule has 178 valence electrons. The molecule has 1 aliphatic heterocycles. The van der Waals surface area contributed by atoms with E-state index in [4.69, 9.17) is 9.47 Å². The normalized spacial score (nSPS) is 15.8. The van der Waals surface area contributed by atoms with Gasteiger partial charge in [0.2, 0.25) is 6.17 Å². The van der Waals surface area contributed by atoms with Crippen LogP contribution in [0.1, 0.15) is 30.0 Å². The summed E-state index contributed by atoms with van der Waals surface area (Å²) in [6.45, 7) is 0.924. The summed E-state index contributed by atoms with van der Waals surface area (Å²) < 4.78 is 57.1. The van der Waals surface area contributed by atoms with Gasteiger partial charge in [-0.2, -0.15) is 5.10 Å². The van der Waals surface area contributed by atoms with E-state index in [1.54, 1.807) is 10.6 Å². The summed E-state index contributed by atoms with van der Waals surface area (Å²) in [4.78, 5) is 11.4. The number of fused-ring (bicyclic) bond motifs is 2. The fourth-order valence-electron chi connectivity index (χ4n) is 4.83. The number of carbonyl (C=O) groups is 1. The molecule has 2 aromatic carbocycles. The quantitative estimate of drug-likeness (QED) is 0.426. The van der Waals surface area contributed by atoms with E-state index in [0.29, 0.717) is 48.3 Å². The predicted octanol–water partition coefficient (Wildman–Crippen LogP) is 4.65. The van der Waals surface area contributed by atoms with Crippen LogP contribution in [0, 0.1) is 11.6 Å². The highest BCUT2D eigenvalue weighted by molar-refractivity contribution is 5.99. The lowest BCUT2D eigenvalue weighted by molar-refractivity contribution is -0.142. The second-order valence-corrected chi connectivity index (χ2v) is 8.33. The monoisotopic (exact) mass is 473 g/mol. The van der Waals surface area contributed by atoms with E-state index in [0.717, 1.165) is 0 Å². The third-order valence-corrected chi connectivity index (χ3v) is 6.40. The number of carboxylic acid groups (broad SMARTS) is 1. The number of benzene rings is 2. The van der Waals surface area contributed by atoms with Gasteiger partial charge in [0.05, 0.1) is 18.8 Å². The smallest absolute Gasteiger partial charge is 0.338 e. The number of alkyl halides is 1. The van der Waals surface area contributed by atoms with E-state index in [1.807, 2.05) is 0 Å². The van der Waals surface area contributed by atoms with E-state index >= 15 is 4.39 Å². The summed E-state index contributed by atoms with van der Waals surface area (Å²) in [6.07, 6.45) is -0.0826. The maximum Gasteiger partial charge on any atom is 0.338 e. The largest absolute Gasteiger partial charge is 0.494 e. The number of hydrogen-bond acceptors (Lipinski definition) is 4. The number of aliphatic carboxylic acids is 1. The van der Waals surface area contributed by atoms with Gasteiger partial charge in [0, 0.05) is 53.8 Å². The average molecular weight is 473 g/mol. The number of halogens is 3. The van der Waals surface area contributed by atoms with Gasteiger partial charge in [-0.1, -0.05) is 0 Å². The number of nitrogens with zero attached hydrogens (tertiary/aromatic N) is 2. The molecule has 1 atom stereocenters. The van der Waals surface area contributed by atoms with Crippen LogP contribution in [0.4, 0.5) is 13.2 Å². The molecule has 10 heteroatoms. The molecule has 0 spiro atoms. The van der Waals surface area contributed by atoms with Gasteiger partial charge >= 0.3 is 5.97 Å². The molecule has 0 amide bonds. The van der Waals surface area contributed by atoms with Gasteiger partial charge in [-0.25, -0.2) is 18.0 Å². The van der Waals surface area contributed by atoms with Crippen LogP contribution in [-0.2, 0) is 16.0 Å². The van der Waals surface area contributed by atoms with Crippen molar-refractivity contribution in [1.29, 1.82) is 0 Å². The predicted molar refractivity (Wildman–Crippen MR) is 118 cm³/mol. The number of carboxylic acids is 1. The molecule has 34 heavy (non-hydrogen) atoms. The molecule has 2 aromatic heterocycles. The zero-order chi connectivity index (χ0) is 24.0. The van der Waals surface area contributed by atoms with Gasteiger partial charge in [0.15, 0.2) is 17.4 Å². The molecular formula is C24H22F3N3O4. The first-order valence-corrected chi connectivity index (χ1v) is 10.9. The third kappa shape index (κ3) is 3.58. The van der Waals surface area contributed by atoms with Crippen molar-refractivity contribution in [2.75, 3.05) is 20.3 Å². The van der Waals surface area contributed by atoms with Crippen LogP contribution in [0.15, 0.2) is 30.5 Å². The first kappa shape index (κ1) is 22.3. The van der Waals surface area contributed by atoms with Crippen molar-refractivity contribution >= 4 is 27.8 Å². The second-order valence-electron chi connectivity index (χ2n) is 8.33. The SMILES string of the molecule is COc1cc(-n2c(C3CCOCC3)c(C[C@H](F)C(=O)O)c3c(F)c4[nH]ncc4cc32)ccc1F. The van der Waals surface area contributed by atoms with Crippen molar-refractivity contribution in [2.24, 2.45) is 0 Å². The molecule has 0 aliphatic carbocycles. The van der Waals surface area contributed by atoms with Crippen LogP contribution < -0.4 is 4.74 Å². The van der Waals surface area contributed by atoms with E-state index in [-0.39, 0.29) is 28.1 Å². The van der Waals surface area contributed by atoms with Gasteiger partial charge in [0.1, 0.15) is 5.52 Å². The summed E-state index contributed by atoms with van der Waals surface area (Å²) in [5, 5.41) is 16.4. The number of H-pyrrole nitrogens is 1. The fourth-order valence-corrected chi connectivity index (χ4v) is 4.83. The van der Waals surface area contributed by atoms with Gasteiger partial charge in [-0.15, -0.1) is 0 Å². The topological polar surface area (TPSA) is 89.4 Å². The summed E-state index contributed by atoms with van der Waals surface area (Å²) >= 11 is 0. The highest BCUT2D eigenvalue weighted by Crippen LogP contribution is 2.42. The van der Waals surface area contributed by atoms with Gasteiger partial charge in [-0.05, 0) is 36.6 Å². The van der Waals surface area contributed by atoms with Gasteiger partial charge in [-0.3, -0.25) is 5.10 Å². The lowest BCUT2D eigenvalue weighted by Gasteiger charge is -2.26. The molecule has 4 aromatic rings. The minimum atomic E-state index is -2.22. The Bertz CT molecular complexity index is 1390. The zero-order valence-corrected chi connectivity index (χ0v) is 18.3. The van der Waals surface area contributed by atoms with Crippen molar-refractivity contribution in [3.05, 3.63) is 53.4 Å². The number of ether oxygens (including phenoxy) is 2. The molecule has 1 fully saturated rings. The Hall–Kier alpha value is -3.53. The number of rotatable bonds is 6. The first-order valence-electron chi connectivity index (χ1n) is 10.9. The highest BCUT2D eigenvalue weighted by atomic mass is 19.1. The van der Waals surface area contributed by atoms with Gasteiger partial charge < -0.3 is 19.1 Å². The minimum Gasteiger partial charge on any atom is -0.494 e. The van der Waals surface area contributed by atoms with Crippen molar-refractivity contribution in [3.63, 3.8) is 0 Å². The van der Waals surface area contributed by atoms with Gasteiger partial charge in [0.25, 0.3) is 0 Å². The van der Waals surface area contributed by atoms with E-state index in [9.17, 15) is 18.7 Å². The average Bonchev–Trinajstić information content (AvgIpc) is 3.43. The van der Waals surface area contributed by atoms with Crippen molar-refractivity contribution < 1.29 is 32.5 Å². The molecule has 1 saturated heterocycles. The molecule has 7 nitrogen and oxygen atoms in total. The highest BCUT2D eigenvalue weighted by Gasteiger charge is 2.32. The molecule has 0 bridgehead atoms. The Morgan fingerprint density at radius 1 is 1.32 bits per heavy atom. The Balaban J connectivity index is 1.89. The Morgan fingerprint density at radius 2 is 2.09 bits per heavy atom. The molecule has 0 radical (unpaired) electrons. The summed E-state index contributed by atoms with van der Waals surface area (Å²) in [5.41, 5.74) is 1.91. The Kier molecular flexibility index (Phi) is 5.68. The molecular weight excluding hydrogens is 451 g/mol. The van der Waals surface area contributed by atoms with Crippen LogP contribution in [0.5, 0.6) is 5.75 Å². The molecule has 3 heterocycles. The molecule has 0 saturated carbocycles. The van der Waals surface area contributed by atoms with Crippen molar-refractivity contribution in [1.82, 2.24) is 14.8 Å². The summed E-state index contributed by atoms with van der Waals surface area (Å²) in [6, 6.07) is 5.98. The summed E-state index contributed by atoms with van der Waals surface area (Å²) in [7, 11) is 1.34. The van der Waals surface area contributed by atoms with E-state index in [1.165, 1.54) is 31.5 Å². The maximum atomic E-state index is 15.8. The third-order valence-electron chi connectivity index (χ3n) is 6.40. The zero-order valence-electron chi connectivity index (χ0n) is 18.3. The van der Waals surface area contributed by atoms with Crippen LogP contribution in [0.25, 0.3) is 27.5 Å². The minimum absolute atomic E-state index is 0.00223. The lowest BCUT2D eigenvalue weighted by atomic mass is 9.90. The lowest BCUT2D eigenvalue weighted by Crippen LogP contribution is -2.21. The second kappa shape index (κ2) is 8.68. The molecule has 5 rings (SSSR count). The van der Waals surface area contributed by atoms with Crippen LogP contribution in [0.3, 0.4) is 0 Å². The number of aromatic nitrogens is 3. The number of methoxy groups -OCH3 is 1. The van der Waals surface area contributed by atoms with Crippen molar-refractivity contribution in [3.8, 4) is 11.4 Å². The maximum absolute atomic E-state index is 15.8. The number of hydrogen-bond donors (Lipinski definition) is 2. The van der Waals surface area contributed by atoms with E-state index in [2.05, 4.69) is 10.2 Å². The Labute approximate surface area is 192 Å². The Morgan fingerprint density at radius 3 is 2.79 bits per heavy atom. The fraction of sp³-hybridized carbons (Fsp3) is 0.333. The van der Waals surface area contributed by atoms with Crippen LogP contribution in [0.2, 0.25) is 0 Å². The number of aromatic amines is 1. The van der Waals surface area contributed by atoms with Crippen molar-refractivity contribution in [2.45, 2.75) is 31.4 Å². The summed E-state index contributed by atoms with van der Waals surface area (Å²) in [5.74, 6) is -2.97. The first-order chi connectivity index (χ1) is 16.4. The van der Waals surface area contributed by atoms with E-state index < -0.39 is 30.2 Å². The molecule has 1 aliphatic rings. The molecule has 2 N–H and O–H groups in total. The molecule has 0 unspecified atom stereocenters. The number of nitrogens with one attached hydrogen (secondary N) is 1.